The summed E-state index contributed by atoms with van der Waals surface area (Å²) < 4.78 is 0. The average Bonchev–Trinajstić information content (AvgIpc) is 4.46. The van der Waals surface area contributed by atoms with Crippen molar-refractivity contribution in [2.45, 2.75) is 164 Å². The van der Waals surface area contributed by atoms with Crippen LogP contribution in [0.4, 0.5) is 4.79 Å². The number of carbonyl (C=O) groups excluding carboxylic acids is 9. The lowest BCUT2D eigenvalue weighted by atomic mass is 9.84. The third-order valence-corrected chi connectivity index (χ3v) is 16.0. The predicted octanol–water partition coefficient (Wildman–Crippen LogP) is 0.182. The number of nitrogens with zero attached hydrogens (tertiary/aromatic N) is 2. The van der Waals surface area contributed by atoms with Crippen LogP contribution in [0.15, 0.2) is 73.3 Å². The predicted molar refractivity (Wildman–Crippen MR) is 324 cm³/mol. The molecule has 85 heavy (non-hydrogen) atoms. The minimum absolute atomic E-state index is 0.0648. The molecule has 0 radical (unpaired) electrons. The largest absolute Gasteiger partial charge is 0.371 e. The van der Waals surface area contributed by atoms with Gasteiger partial charge in [-0.25, -0.2) is 9.78 Å². The fourth-order valence-electron chi connectivity index (χ4n) is 10.6. The highest BCUT2D eigenvalue weighted by Crippen LogP contribution is 2.31. The Bertz CT molecular complexity index is 2910. The Morgan fingerprint density at radius 3 is 1.93 bits per heavy atom. The molecule has 2 aromatic heterocycles. The van der Waals surface area contributed by atoms with Gasteiger partial charge in [-0.3, -0.25) is 48.7 Å². The quantitative estimate of drug-likeness (QED) is 0.0131. The number of aromatic amines is 2. The number of urea groups is 1. The third-order valence-electron chi connectivity index (χ3n) is 15.3. The molecule has 0 spiro atoms. The average molecular weight is 1220 g/mol. The van der Waals surface area contributed by atoms with Crippen molar-refractivity contribution in [3.8, 4) is 0 Å². The number of fused-ring (bicyclic) bond motifs is 1. The van der Waals surface area contributed by atoms with Crippen LogP contribution in [0, 0.1) is 11.3 Å². The van der Waals surface area contributed by atoms with Gasteiger partial charge in [-0.2, -0.15) is 25.3 Å². The van der Waals surface area contributed by atoms with Crippen LogP contribution in [0.3, 0.4) is 0 Å². The lowest BCUT2D eigenvalue weighted by Gasteiger charge is -2.32. The molecule has 6 rings (SSSR count). The molecule has 28 heteroatoms. The van der Waals surface area contributed by atoms with Gasteiger partial charge in [-0.05, 0) is 55.7 Å². The number of benzene rings is 2. The van der Waals surface area contributed by atoms with Crippen molar-refractivity contribution in [2.24, 2.45) is 17.4 Å². The number of aliphatic hydroxyl groups excluding tert-OH is 1. The molecular formula is C57H82N16O10S2. The molecule has 1 unspecified atom stereocenters. The van der Waals surface area contributed by atoms with Crippen molar-refractivity contribution in [3.05, 3.63) is 90.1 Å². The Hall–Kier alpha value is -7.85. The highest BCUT2D eigenvalue weighted by Gasteiger charge is 2.45. The third kappa shape index (κ3) is 19.6. The van der Waals surface area contributed by atoms with E-state index in [1.807, 2.05) is 31.2 Å². The summed E-state index contributed by atoms with van der Waals surface area (Å²) in [6, 6.07) is 4.36. The Morgan fingerprint density at radius 1 is 0.706 bits per heavy atom. The summed E-state index contributed by atoms with van der Waals surface area (Å²) in [4.78, 5) is 137. The molecule has 1 aliphatic carbocycles. The maximum atomic E-state index is 14.7. The first-order valence-electron chi connectivity index (χ1n) is 28.8. The number of carbonyl (C=O) groups is 9. The number of imidazole rings is 1. The van der Waals surface area contributed by atoms with Crippen LogP contribution in [0.1, 0.15) is 101 Å². The van der Waals surface area contributed by atoms with Gasteiger partial charge >= 0.3 is 6.03 Å². The second kappa shape index (κ2) is 33.0. The molecule has 10 atom stereocenters. The van der Waals surface area contributed by atoms with E-state index in [9.17, 15) is 48.3 Å². The number of aromatic nitrogens is 3. The van der Waals surface area contributed by atoms with Gasteiger partial charge in [0.25, 0.3) is 0 Å². The zero-order valence-electron chi connectivity index (χ0n) is 47.9. The molecule has 0 bridgehead atoms. The Balaban J connectivity index is 1.18. The Labute approximate surface area is 504 Å². The molecule has 17 N–H and O–H groups in total. The highest BCUT2D eigenvalue weighted by atomic mass is 32.1. The number of amides is 10. The minimum atomic E-state index is -1.42. The van der Waals surface area contributed by atoms with Gasteiger partial charge in [-0.1, -0.05) is 100 Å². The van der Waals surface area contributed by atoms with Gasteiger partial charge in [0.1, 0.15) is 48.3 Å². The summed E-state index contributed by atoms with van der Waals surface area (Å²) in [6.07, 6.45) is 10.3. The first-order valence-corrected chi connectivity index (χ1v) is 30.1. The summed E-state index contributed by atoms with van der Waals surface area (Å²) in [5, 5.41) is 44.1. The molecule has 1 saturated heterocycles. The normalized spacial score (nSPS) is 18.0. The topological polar surface area (TPSA) is 406 Å². The summed E-state index contributed by atoms with van der Waals surface area (Å²) in [7, 11) is 0. The molecule has 10 amide bonds. The number of para-hydroxylation sites is 1. The van der Waals surface area contributed by atoms with E-state index >= 15 is 0 Å². The van der Waals surface area contributed by atoms with Crippen molar-refractivity contribution >= 4 is 95.4 Å². The monoisotopic (exact) mass is 1210 g/mol. The molecule has 2 fully saturated rings. The second-order valence-electron chi connectivity index (χ2n) is 21.7. The number of hydrogen-bond acceptors (Lipinski definition) is 14. The molecule has 1 saturated carbocycles. The summed E-state index contributed by atoms with van der Waals surface area (Å²) in [5.74, 6) is -6.78. The lowest BCUT2D eigenvalue weighted by Crippen LogP contribution is -2.61. The van der Waals surface area contributed by atoms with Crippen LogP contribution in [0.2, 0.25) is 0 Å². The number of thiol groups is 2. The molecule has 3 heterocycles. The van der Waals surface area contributed by atoms with Crippen LogP contribution >= 0.6 is 25.3 Å². The SMILES string of the molecule is CCCC[C@@H](C(=O)N[C@@H](CS)C(=O)N[C@H](C)C(=O)N[C@@H](Cc1cnc[nH]1)C(=O)N[C@H](Cc1ccccc1)C(=O)N[C@@H](CCCNC(=N)N)C(=O)N[C@@H](Cc1c[nH]c2ccccc12)C(=O)N[C@@H](CS)C(N)=O)N1C(=O)N[C@@H](CC2CCCCC2)C1O. The van der Waals surface area contributed by atoms with E-state index in [4.69, 9.17) is 16.9 Å². The zero-order chi connectivity index (χ0) is 61.6. The zero-order valence-corrected chi connectivity index (χ0v) is 49.7. The summed E-state index contributed by atoms with van der Waals surface area (Å²) in [6.45, 7) is 3.40. The van der Waals surface area contributed by atoms with E-state index in [1.54, 1.807) is 36.5 Å². The molecule has 26 nitrogen and oxygen atoms in total. The number of H-pyrrole nitrogens is 2. The lowest BCUT2D eigenvalue weighted by molar-refractivity contribution is -0.135. The number of rotatable bonds is 33. The fraction of sp³-hybridized carbons (Fsp3) is 0.526. The fourth-order valence-corrected chi connectivity index (χ4v) is 11.1. The van der Waals surface area contributed by atoms with Gasteiger partial charge in [-0.15, -0.1) is 0 Å². The second-order valence-corrected chi connectivity index (χ2v) is 22.4. The number of primary amides is 1. The molecule has 4 aromatic rings. The summed E-state index contributed by atoms with van der Waals surface area (Å²) in [5.41, 5.74) is 13.5. The van der Waals surface area contributed by atoms with Crippen molar-refractivity contribution in [1.29, 1.82) is 5.41 Å². The number of hydrogen-bond donors (Lipinski definition) is 17. The minimum Gasteiger partial charge on any atom is -0.371 e. The van der Waals surface area contributed by atoms with Gasteiger partial charge in [0.15, 0.2) is 12.2 Å². The molecule has 462 valence electrons. The first kappa shape index (κ1) is 66.3. The Kier molecular flexibility index (Phi) is 25.7. The van der Waals surface area contributed by atoms with Crippen LogP contribution in [-0.2, 0) is 57.6 Å². The standard InChI is InChI=1S/C57H82N16O10S2/c1-3-4-21-46(73-55(82)43(72-57(73)83)24-34-16-9-6-10-17-34)54(81)71-45(30-85)53(80)65-32(2)48(75)67-42(26-36-28-61-31-64-36)52(79)68-40(23-33-14-7-5-8-15-33)50(77)66-39(20-13-22-62-56(59)60)49(76)69-41(51(78)70-44(29-84)47(58)74)25-35-27-63-38-19-12-11-18-37(35)38/h5,7-8,11-12,14-15,18-19,27-28,31-32,34,39-46,55,63,82,84-85H,3-4,6,9-10,13,16-17,20-26,29-30H2,1-2H3,(H2,58,74)(H,61,64)(H,65,80)(H,66,77)(H,67,75)(H,68,79)(H,69,76)(H,70,78)(H,71,81)(H,72,83)(H4,59,60,62)/t32-,39+,40-,41+,42+,43+,44+,45+,46+,55?/m1/s1. The molecule has 1 aliphatic heterocycles. The highest BCUT2D eigenvalue weighted by molar-refractivity contribution is 7.80. The van der Waals surface area contributed by atoms with Gasteiger partial charge in [0.05, 0.1) is 12.4 Å². The smallest absolute Gasteiger partial charge is 0.320 e. The summed E-state index contributed by atoms with van der Waals surface area (Å²) >= 11 is 8.50. The van der Waals surface area contributed by atoms with Crippen molar-refractivity contribution in [3.63, 3.8) is 0 Å². The van der Waals surface area contributed by atoms with Gasteiger partial charge < -0.3 is 74.4 Å². The number of guanidine groups is 1. The number of nitrogens with one attached hydrogen (secondary N) is 12. The molecular weight excluding hydrogens is 1130 g/mol. The number of nitrogens with two attached hydrogens (primary N) is 2. The maximum Gasteiger partial charge on any atom is 0.320 e. The van der Waals surface area contributed by atoms with Gasteiger partial charge in [0, 0.05) is 66.3 Å². The van der Waals surface area contributed by atoms with Crippen molar-refractivity contribution in [1.82, 2.24) is 67.7 Å². The van der Waals surface area contributed by atoms with Crippen LogP contribution in [-0.4, -0.2) is 163 Å². The number of unbranched alkanes of at least 4 members (excludes halogenated alkanes) is 1. The molecule has 2 aromatic carbocycles. The van der Waals surface area contributed by atoms with E-state index in [-0.39, 0.29) is 62.5 Å². The van der Waals surface area contributed by atoms with E-state index in [2.05, 4.69) is 88.1 Å². The maximum absolute atomic E-state index is 14.7. The van der Waals surface area contributed by atoms with Crippen LogP contribution in [0.25, 0.3) is 10.9 Å². The number of aliphatic hydroxyl groups is 1. The van der Waals surface area contributed by atoms with E-state index in [1.165, 1.54) is 19.4 Å². The van der Waals surface area contributed by atoms with Crippen LogP contribution in [0.5, 0.6) is 0 Å². The Morgan fingerprint density at radius 2 is 1.29 bits per heavy atom. The molecule has 2 aliphatic rings. The first-order chi connectivity index (χ1) is 40.8. The van der Waals surface area contributed by atoms with Gasteiger partial charge in [0.2, 0.25) is 47.3 Å². The van der Waals surface area contributed by atoms with Crippen molar-refractivity contribution < 1.29 is 48.3 Å². The van der Waals surface area contributed by atoms with E-state index in [0.717, 1.165) is 47.9 Å². The van der Waals surface area contributed by atoms with Crippen LogP contribution < -0.4 is 59.3 Å². The van der Waals surface area contributed by atoms with E-state index < -0.39 is 114 Å². The van der Waals surface area contributed by atoms with E-state index in [0.29, 0.717) is 42.0 Å². The van der Waals surface area contributed by atoms with Crippen molar-refractivity contribution in [2.75, 3.05) is 18.1 Å².